The number of thiazole rings is 1. The summed E-state index contributed by atoms with van der Waals surface area (Å²) in [7, 11) is -3.52. The SMILES string of the molecule is O=C(NCc1nc(-c2ccncc2)cs1)C1CCN(S(=O)(=O)c2ccc3c(c2)CCC3)CC1. The first kappa shape index (κ1) is 22.2. The van der Waals surface area contributed by atoms with E-state index in [-0.39, 0.29) is 11.8 Å². The molecule has 0 unspecified atom stereocenters. The van der Waals surface area contributed by atoms with E-state index in [9.17, 15) is 13.2 Å². The van der Waals surface area contributed by atoms with Gasteiger partial charge in [-0.3, -0.25) is 9.78 Å². The van der Waals surface area contributed by atoms with Gasteiger partial charge in [-0.1, -0.05) is 6.07 Å². The number of hydrogen-bond donors (Lipinski definition) is 1. The maximum atomic E-state index is 13.1. The van der Waals surface area contributed by atoms with Crippen LogP contribution < -0.4 is 5.32 Å². The highest BCUT2D eigenvalue weighted by molar-refractivity contribution is 7.89. The summed E-state index contributed by atoms with van der Waals surface area (Å²) in [5.74, 6) is -0.221. The number of fused-ring (bicyclic) bond motifs is 1. The first-order valence-corrected chi connectivity index (χ1v) is 13.6. The molecule has 0 saturated carbocycles. The summed E-state index contributed by atoms with van der Waals surface area (Å²) in [6.07, 6.45) is 7.57. The second-order valence-corrected chi connectivity index (χ2v) is 11.4. The Kier molecular flexibility index (Phi) is 6.27. The van der Waals surface area contributed by atoms with Crippen molar-refractivity contribution in [2.45, 2.75) is 43.5 Å². The van der Waals surface area contributed by atoms with Crippen LogP contribution in [0.4, 0.5) is 0 Å². The molecule has 33 heavy (non-hydrogen) atoms. The van der Waals surface area contributed by atoms with E-state index in [1.54, 1.807) is 18.5 Å². The minimum atomic E-state index is -3.52. The number of hydrogen-bond acceptors (Lipinski definition) is 6. The number of benzene rings is 1. The van der Waals surface area contributed by atoms with Crippen molar-refractivity contribution in [3.05, 3.63) is 64.2 Å². The standard InChI is InChI=1S/C24H26N4O3S2/c29-24(26-15-23-27-22(16-32-23)18-6-10-25-11-7-18)19-8-12-28(13-9-19)33(30,31)21-5-4-17-2-1-3-20(17)14-21/h4-7,10-11,14,16,19H,1-3,8-9,12-13,15H2,(H,26,29). The number of nitrogens with zero attached hydrogens (tertiary/aromatic N) is 3. The first-order chi connectivity index (χ1) is 16.0. The van der Waals surface area contributed by atoms with Gasteiger partial charge in [-0.15, -0.1) is 11.3 Å². The highest BCUT2D eigenvalue weighted by Gasteiger charge is 2.32. The number of carbonyl (C=O) groups excluding carboxylic acids is 1. The van der Waals surface area contributed by atoms with Crippen LogP contribution in [0.5, 0.6) is 0 Å². The predicted octanol–water partition coefficient (Wildman–Crippen LogP) is 3.41. The Morgan fingerprint density at radius 1 is 1.09 bits per heavy atom. The minimum Gasteiger partial charge on any atom is -0.349 e. The Morgan fingerprint density at radius 2 is 1.85 bits per heavy atom. The Hall–Kier alpha value is -2.62. The second-order valence-electron chi connectivity index (χ2n) is 8.54. The van der Waals surface area contributed by atoms with E-state index in [4.69, 9.17) is 0 Å². The molecule has 1 saturated heterocycles. The summed E-state index contributed by atoms with van der Waals surface area (Å²) in [6.45, 7) is 1.10. The van der Waals surface area contributed by atoms with Crippen molar-refractivity contribution in [1.29, 1.82) is 0 Å². The first-order valence-electron chi connectivity index (χ1n) is 11.3. The number of pyridine rings is 1. The molecule has 0 atom stereocenters. The molecule has 2 aromatic heterocycles. The molecular formula is C24H26N4O3S2. The average Bonchev–Trinajstić information content (AvgIpc) is 3.52. The zero-order chi connectivity index (χ0) is 22.8. The lowest BCUT2D eigenvalue weighted by molar-refractivity contribution is -0.126. The molecule has 1 fully saturated rings. The molecule has 0 bridgehead atoms. The predicted molar refractivity (Wildman–Crippen MR) is 127 cm³/mol. The van der Waals surface area contributed by atoms with Crippen molar-refractivity contribution in [3.8, 4) is 11.3 Å². The Labute approximate surface area is 197 Å². The quantitative estimate of drug-likeness (QED) is 0.581. The highest BCUT2D eigenvalue weighted by Crippen LogP contribution is 2.29. The van der Waals surface area contributed by atoms with Gasteiger partial charge in [0.1, 0.15) is 5.01 Å². The normalized spacial score (nSPS) is 17.1. The van der Waals surface area contributed by atoms with Gasteiger partial charge in [0.25, 0.3) is 0 Å². The van der Waals surface area contributed by atoms with Crippen molar-refractivity contribution >= 4 is 27.3 Å². The molecule has 0 spiro atoms. The molecule has 1 aliphatic carbocycles. The number of rotatable bonds is 6. The fourth-order valence-corrected chi connectivity index (χ4v) is 6.83. The van der Waals surface area contributed by atoms with Crippen LogP contribution in [0, 0.1) is 5.92 Å². The number of piperidine rings is 1. The molecule has 1 aliphatic heterocycles. The van der Waals surface area contributed by atoms with Gasteiger partial charge in [-0.2, -0.15) is 4.31 Å². The Balaban J connectivity index is 1.15. The lowest BCUT2D eigenvalue weighted by Crippen LogP contribution is -2.42. The van der Waals surface area contributed by atoms with Crippen molar-refractivity contribution in [3.63, 3.8) is 0 Å². The summed E-state index contributed by atoms with van der Waals surface area (Å²) in [4.78, 5) is 21.7. The topological polar surface area (TPSA) is 92.3 Å². The number of aryl methyl sites for hydroxylation is 2. The van der Waals surface area contributed by atoms with Crippen LogP contribution in [0.15, 0.2) is 53.0 Å². The van der Waals surface area contributed by atoms with E-state index in [1.165, 1.54) is 21.2 Å². The molecule has 0 radical (unpaired) electrons. The van der Waals surface area contributed by atoms with E-state index in [2.05, 4.69) is 15.3 Å². The van der Waals surface area contributed by atoms with E-state index < -0.39 is 10.0 Å². The molecule has 3 heterocycles. The summed E-state index contributed by atoms with van der Waals surface area (Å²) in [6, 6.07) is 9.33. The van der Waals surface area contributed by atoms with E-state index in [0.29, 0.717) is 37.4 Å². The molecule has 172 valence electrons. The fraction of sp³-hybridized carbons (Fsp3) is 0.375. The van der Waals surface area contributed by atoms with Crippen LogP contribution in [0.3, 0.4) is 0 Å². The van der Waals surface area contributed by atoms with Crippen LogP contribution in [0.2, 0.25) is 0 Å². The van der Waals surface area contributed by atoms with Gasteiger partial charge in [-0.25, -0.2) is 13.4 Å². The van der Waals surface area contributed by atoms with Gasteiger partial charge in [0, 0.05) is 42.3 Å². The zero-order valence-corrected chi connectivity index (χ0v) is 19.9. The maximum absolute atomic E-state index is 13.1. The van der Waals surface area contributed by atoms with E-state index >= 15 is 0 Å². The largest absolute Gasteiger partial charge is 0.349 e. The van der Waals surface area contributed by atoms with Crippen LogP contribution in [-0.4, -0.2) is 41.7 Å². The second kappa shape index (κ2) is 9.32. The summed E-state index contributed by atoms with van der Waals surface area (Å²) < 4.78 is 27.7. The lowest BCUT2D eigenvalue weighted by atomic mass is 9.97. The van der Waals surface area contributed by atoms with Crippen molar-refractivity contribution in [2.75, 3.05) is 13.1 Å². The van der Waals surface area contributed by atoms with E-state index in [0.717, 1.165) is 41.1 Å². The monoisotopic (exact) mass is 482 g/mol. The maximum Gasteiger partial charge on any atom is 0.243 e. The van der Waals surface area contributed by atoms with Crippen LogP contribution in [0.1, 0.15) is 35.4 Å². The molecule has 1 N–H and O–H groups in total. The van der Waals surface area contributed by atoms with Crippen LogP contribution >= 0.6 is 11.3 Å². The third-order valence-corrected chi connectivity index (χ3v) is 9.22. The average molecular weight is 483 g/mol. The summed E-state index contributed by atoms with van der Waals surface area (Å²) >= 11 is 1.51. The third kappa shape index (κ3) is 4.71. The molecule has 1 aromatic carbocycles. The van der Waals surface area contributed by atoms with Crippen molar-refractivity contribution in [1.82, 2.24) is 19.6 Å². The lowest BCUT2D eigenvalue weighted by Gasteiger charge is -2.30. The van der Waals surface area contributed by atoms with Gasteiger partial charge in [0.05, 0.1) is 17.1 Å². The van der Waals surface area contributed by atoms with Crippen molar-refractivity contribution in [2.24, 2.45) is 5.92 Å². The molecule has 1 amide bonds. The Morgan fingerprint density at radius 3 is 2.64 bits per heavy atom. The van der Waals surface area contributed by atoms with Crippen LogP contribution in [-0.2, 0) is 34.2 Å². The molecule has 7 nitrogen and oxygen atoms in total. The third-order valence-electron chi connectivity index (χ3n) is 6.47. The molecular weight excluding hydrogens is 456 g/mol. The van der Waals surface area contributed by atoms with Gasteiger partial charge < -0.3 is 5.32 Å². The number of amides is 1. The molecule has 9 heteroatoms. The number of aromatic nitrogens is 2. The van der Waals surface area contributed by atoms with Gasteiger partial charge in [0.2, 0.25) is 15.9 Å². The van der Waals surface area contributed by atoms with Gasteiger partial charge in [-0.05, 0) is 67.5 Å². The zero-order valence-electron chi connectivity index (χ0n) is 18.2. The van der Waals surface area contributed by atoms with E-state index in [1.807, 2.05) is 29.6 Å². The van der Waals surface area contributed by atoms with Crippen molar-refractivity contribution < 1.29 is 13.2 Å². The Bertz CT molecular complexity index is 1250. The smallest absolute Gasteiger partial charge is 0.243 e. The van der Waals surface area contributed by atoms with Gasteiger partial charge in [0.15, 0.2) is 0 Å². The number of sulfonamides is 1. The molecule has 5 rings (SSSR count). The summed E-state index contributed by atoms with van der Waals surface area (Å²) in [5.41, 5.74) is 4.28. The van der Waals surface area contributed by atoms with Crippen LogP contribution in [0.25, 0.3) is 11.3 Å². The highest BCUT2D eigenvalue weighted by atomic mass is 32.2. The molecule has 3 aromatic rings. The van der Waals surface area contributed by atoms with Gasteiger partial charge >= 0.3 is 0 Å². The number of carbonyl (C=O) groups is 1. The fourth-order valence-electron chi connectivity index (χ4n) is 4.57. The summed E-state index contributed by atoms with van der Waals surface area (Å²) in [5, 5.41) is 5.79. The minimum absolute atomic E-state index is 0.0368. The molecule has 2 aliphatic rings. The number of nitrogens with one attached hydrogen (secondary N) is 1.